The minimum absolute atomic E-state index is 0.0826. The van der Waals surface area contributed by atoms with E-state index in [2.05, 4.69) is 5.32 Å². The zero-order valence-corrected chi connectivity index (χ0v) is 13.9. The predicted octanol–water partition coefficient (Wildman–Crippen LogP) is 3.38. The van der Waals surface area contributed by atoms with E-state index in [4.69, 9.17) is 16.3 Å². The van der Waals surface area contributed by atoms with Crippen molar-refractivity contribution in [2.75, 3.05) is 18.0 Å². The van der Waals surface area contributed by atoms with Gasteiger partial charge in [-0.15, -0.1) is 0 Å². The SMILES string of the molecule is CCC1(CC)Oc2ccc(Cl)cc2N(C2CCNCC2)C1=O. The van der Waals surface area contributed by atoms with Gasteiger partial charge >= 0.3 is 0 Å². The first-order valence-electron chi connectivity index (χ1n) is 8.14. The molecule has 1 saturated heterocycles. The fourth-order valence-electron chi connectivity index (χ4n) is 3.47. The molecule has 1 amide bonds. The van der Waals surface area contributed by atoms with Gasteiger partial charge in [0.05, 0.1) is 5.69 Å². The van der Waals surface area contributed by atoms with Crippen LogP contribution in [-0.4, -0.2) is 30.6 Å². The molecule has 1 fully saturated rings. The maximum atomic E-state index is 13.2. The number of nitrogens with zero attached hydrogens (tertiary/aromatic N) is 1. The van der Waals surface area contributed by atoms with Gasteiger partial charge in [0.25, 0.3) is 5.91 Å². The summed E-state index contributed by atoms with van der Waals surface area (Å²) < 4.78 is 6.14. The van der Waals surface area contributed by atoms with Gasteiger partial charge in [-0.2, -0.15) is 0 Å². The molecule has 1 aromatic rings. The third-order valence-corrected chi connectivity index (χ3v) is 5.15. The molecule has 4 nitrogen and oxygen atoms in total. The van der Waals surface area contributed by atoms with Gasteiger partial charge in [-0.05, 0) is 57.0 Å². The molecule has 5 heteroatoms. The molecule has 0 bridgehead atoms. The lowest BCUT2D eigenvalue weighted by molar-refractivity contribution is -0.137. The van der Waals surface area contributed by atoms with Crippen molar-refractivity contribution >= 4 is 23.2 Å². The van der Waals surface area contributed by atoms with Crippen LogP contribution in [0.1, 0.15) is 39.5 Å². The van der Waals surface area contributed by atoms with Gasteiger partial charge in [0, 0.05) is 11.1 Å². The van der Waals surface area contributed by atoms with Crippen LogP contribution in [0, 0.1) is 0 Å². The van der Waals surface area contributed by atoms with Crippen LogP contribution in [0.4, 0.5) is 5.69 Å². The number of piperidine rings is 1. The summed E-state index contributed by atoms with van der Waals surface area (Å²) in [6.07, 6.45) is 3.26. The molecule has 1 aromatic carbocycles. The maximum Gasteiger partial charge on any atom is 0.271 e. The summed E-state index contributed by atoms with van der Waals surface area (Å²) in [5.41, 5.74) is 0.0769. The molecule has 2 aliphatic heterocycles. The second-order valence-corrected chi connectivity index (χ2v) is 6.51. The van der Waals surface area contributed by atoms with Crippen molar-refractivity contribution in [3.63, 3.8) is 0 Å². The fourth-order valence-corrected chi connectivity index (χ4v) is 3.64. The Morgan fingerprint density at radius 2 is 2.00 bits per heavy atom. The smallest absolute Gasteiger partial charge is 0.271 e. The van der Waals surface area contributed by atoms with Crippen molar-refractivity contribution in [3.8, 4) is 5.75 Å². The van der Waals surface area contributed by atoms with Crippen LogP contribution < -0.4 is 15.0 Å². The topological polar surface area (TPSA) is 41.6 Å². The second kappa shape index (κ2) is 6.09. The van der Waals surface area contributed by atoms with Gasteiger partial charge in [0.1, 0.15) is 5.75 Å². The lowest BCUT2D eigenvalue weighted by Gasteiger charge is -2.46. The number of carbonyl (C=O) groups excluding carboxylic acids is 1. The summed E-state index contributed by atoms with van der Waals surface area (Å²) in [6.45, 7) is 5.92. The summed E-state index contributed by atoms with van der Waals surface area (Å²) in [4.78, 5) is 15.2. The number of nitrogens with one attached hydrogen (secondary N) is 1. The Kier molecular flexibility index (Phi) is 4.33. The van der Waals surface area contributed by atoms with Gasteiger partial charge in [-0.25, -0.2) is 0 Å². The van der Waals surface area contributed by atoms with Crippen molar-refractivity contribution in [1.82, 2.24) is 5.32 Å². The highest BCUT2D eigenvalue weighted by Gasteiger charge is 2.47. The number of carbonyl (C=O) groups is 1. The van der Waals surface area contributed by atoms with Crippen LogP contribution in [0.15, 0.2) is 18.2 Å². The third kappa shape index (κ3) is 2.48. The number of rotatable bonds is 3. The highest BCUT2D eigenvalue weighted by Crippen LogP contribution is 2.43. The quantitative estimate of drug-likeness (QED) is 0.927. The van der Waals surface area contributed by atoms with E-state index < -0.39 is 5.60 Å². The second-order valence-electron chi connectivity index (χ2n) is 6.07. The third-order valence-electron chi connectivity index (χ3n) is 4.91. The van der Waals surface area contributed by atoms with E-state index in [0.717, 1.165) is 37.4 Å². The van der Waals surface area contributed by atoms with E-state index in [1.165, 1.54) is 0 Å². The van der Waals surface area contributed by atoms with Crippen LogP contribution in [0.5, 0.6) is 5.75 Å². The van der Waals surface area contributed by atoms with E-state index >= 15 is 0 Å². The molecule has 0 atom stereocenters. The first-order valence-corrected chi connectivity index (χ1v) is 8.52. The predicted molar refractivity (Wildman–Crippen MR) is 88.8 cm³/mol. The maximum absolute atomic E-state index is 13.2. The van der Waals surface area contributed by atoms with E-state index in [0.29, 0.717) is 17.9 Å². The Balaban J connectivity index is 2.08. The van der Waals surface area contributed by atoms with Gasteiger partial charge in [-0.1, -0.05) is 25.4 Å². The Hall–Kier alpha value is -1.26. The minimum Gasteiger partial charge on any atom is -0.475 e. The number of halogens is 1. The molecule has 0 aliphatic carbocycles. The van der Waals surface area contributed by atoms with Crippen LogP contribution in [0.25, 0.3) is 0 Å². The average Bonchev–Trinajstić information content (AvgIpc) is 2.55. The Morgan fingerprint density at radius 1 is 1.32 bits per heavy atom. The molecule has 22 heavy (non-hydrogen) atoms. The molecule has 2 heterocycles. The monoisotopic (exact) mass is 322 g/mol. The summed E-state index contributed by atoms with van der Waals surface area (Å²) in [6, 6.07) is 5.78. The van der Waals surface area contributed by atoms with Gasteiger partial charge in [0.2, 0.25) is 0 Å². The normalized spacial score (nSPS) is 21.4. The Bertz CT molecular complexity index is 566. The molecular formula is C17H23ClN2O2. The Labute approximate surface area is 136 Å². The van der Waals surface area contributed by atoms with E-state index in [1.54, 1.807) is 0 Å². The molecule has 3 rings (SSSR count). The minimum atomic E-state index is -0.744. The summed E-state index contributed by atoms with van der Waals surface area (Å²) >= 11 is 6.16. The summed E-state index contributed by atoms with van der Waals surface area (Å²) in [7, 11) is 0. The standard InChI is InChI=1S/C17H23ClN2O2/c1-3-17(4-2)16(21)20(13-7-9-19-10-8-13)14-11-12(18)5-6-15(14)22-17/h5-6,11,13,19H,3-4,7-10H2,1-2H3. The zero-order chi connectivity index (χ0) is 15.7. The first kappa shape index (κ1) is 15.6. The molecule has 0 saturated carbocycles. The molecule has 0 aromatic heterocycles. The zero-order valence-electron chi connectivity index (χ0n) is 13.2. The number of amides is 1. The van der Waals surface area contributed by atoms with E-state index in [-0.39, 0.29) is 11.9 Å². The van der Waals surface area contributed by atoms with Crippen LogP contribution >= 0.6 is 11.6 Å². The van der Waals surface area contributed by atoms with Crippen molar-refractivity contribution in [2.45, 2.75) is 51.2 Å². The molecule has 0 spiro atoms. The van der Waals surface area contributed by atoms with E-state index in [9.17, 15) is 4.79 Å². The number of hydrogen-bond acceptors (Lipinski definition) is 3. The van der Waals surface area contributed by atoms with Crippen LogP contribution in [0.3, 0.4) is 0 Å². The highest BCUT2D eigenvalue weighted by atomic mass is 35.5. The first-order chi connectivity index (χ1) is 10.6. The molecular weight excluding hydrogens is 300 g/mol. The highest BCUT2D eigenvalue weighted by molar-refractivity contribution is 6.31. The fraction of sp³-hybridized carbons (Fsp3) is 0.588. The van der Waals surface area contributed by atoms with Gasteiger partial charge in [0.15, 0.2) is 5.60 Å². The largest absolute Gasteiger partial charge is 0.475 e. The number of benzene rings is 1. The number of ether oxygens (including phenoxy) is 1. The van der Waals surface area contributed by atoms with E-state index in [1.807, 2.05) is 36.9 Å². The molecule has 120 valence electrons. The number of fused-ring (bicyclic) bond motifs is 1. The molecule has 2 aliphatic rings. The van der Waals surface area contributed by atoms with Crippen molar-refractivity contribution in [3.05, 3.63) is 23.2 Å². The molecule has 0 radical (unpaired) electrons. The van der Waals surface area contributed by atoms with Gasteiger partial charge < -0.3 is 15.0 Å². The average molecular weight is 323 g/mol. The molecule has 0 unspecified atom stereocenters. The van der Waals surface area contributed by atoms with Crippen molar-refractivity contribution in [2.24, 2.45) is 0 Å². The van der Waals surface area contributed by atoms with Crippen molar-refractivity contribution in [1.29, 1.82) is 0 Å². The number of anilines is 1. The summed E-state index contributed by atoms with van der Waals surface area (Å²) in [5.74, 6) is 0.852. The van der Waals surface area contributed by atoms with Crippen LogP contribution in [-0.2, 0) is 4.79 Å². The van der Waals surface area contributed by atoms with Gasteiger partial charge in [-0.3, -0.25) is 4.79 Å². The van der Waals surface area contributed by atoms with Crippen molar-refractivity contribution < 1.29 is 9.53 Å². The van der Waals surface area contributed by atoms with Crippen LogP contribution in [0.2, 0.25) is 5.02 Å². The Morgan fingerprint density at radius 3 is 2.64 bits per heavy atom. The lowest BCUT2D eigenvalue weighted by atomic mass is 9.90. The number of hydrogen-bond donors (Lipinski definition) is 1. The summed E-state index contributed by atoms with van der Waals surface area (Å²) in [5, 5.41) is 3.99. The molecule has 1 N–H and O–H groups in total. The lowest BCUT2D eigenvalue weighted by Crippen LogP contribution is -2.59.